The normalized spacial score (nSPS) is 13.1. The fourth-order valence-corrected chi connectivity index (χ4v) is 2.10. The molecule has 0 aliphatic rings. The van der Waals surface area contributed by atoms with Crippen molar-refractivity contribution < 1.29 is 0 Å². The Labute approximate surface area is 103 Å². The van der Waals surface area contributed by atoms with Gasteiger partial charge in [0.1, 0.15) is 0 Å². The van der Waals surface area contributed by atoms with Crippen LogP contribution < -0.4 is 5.32 Å². The number of hydrogen-bond acceptors (Lipinski definition) is 2. The summed E-state index contributed by atoms with van der Waals surface area (Å²) in [5.41, 5.74) is 1.20. The molecule has 0 aliphatic carbocycles. The van der Waals surface area contributed by atoms with E-state index in [1.165, 1.54) is 12.0 Å². The van der Waals surface area contributed by atoms with Gasteiger partial charge < -0.3 is 5.32 Å². The van der Waals surface area contributed by atoms with Crippen LogP contribution in [0.15, 0.2) is 18.5 Å². The van der Waals surface area contributed by atoms with Gasteiger partial charge >= 0.3 is 0 Å². The number of aromatic nitrogens is 1. The summed E-state index contributed by atoms with van der Waals surface area (Å²) < 4.78 is 0. The van der Waals surface area contributed by atoms with E-state index < -0.39 is 0 Å². The monoisotopic (exact) mass is 240 g/mol. The highest BCUT2D eigenvalue weighted by atomic mass is 35.5. The third-order valence-electron chi connectivity index (χ3n) is 2.78. The van der Waals surface area contributed by atoms with Gasteiger partial charge in [-0.15, -0.1) is 0 Å². The van der Waals surface area contributed by atoms with Crippen LogP contribution in [-0.2, 0) is 6.42 Å². The molecule has 1 aromatic rings. The second-order valence-electron chi connectivity index (χ2n) is 4.62. The second kappa shape index (κ2) is 6.87. The molecule has 1 N–H and O–H groups in total. The minimum atomic E-state index is 0.573. The molecule has 0 bridgehead atoms. The van der Waals surface area contributed by atoms with Crippen molar-refractivity contribution in [3.05, 3.63) is 29.0 Å². The van der Waals surface area contributed by atoms with Crippen molar-refractivity contribution in [2.75, 3.05) is 7.05 Å². The summed E-state index contributed by atoms with van der Waals surface area (Å²) in [6.07, 6.45) is 6.86. The first-order valence-electron chi connectivity index (χ1n) is 5.89. The largest absolute Gasteiger partial charge is 0.317 e. The molecule has 16 heavy (non-hydrogen) atoms. The van der Waals surface area contributed by atoms with Gasteiger partial charge in [-0.1, -0.05) is 25.4 Å². The molecular formula is C13H21ClN2. The number of nitrogens with zero attached hydrogens (tertiary/aromatic N) is 1. The molecule has 90 valence electrons. The summed E-state index contributed by atoms with van der Waals surface area (Å²) in [4.78, 5) is 3.99. The zero-order valence-electron chi connectivity index (χ0n) is 10.3. The first kappa shape index (κ1) is 13.5. The molecule has 0 fully saturated rings. The minimum absolute atomic E-state index is 0.573. The summed E-state index contributed by atoms with van der Waals surface area (Å²) in [6, 6.07) is 2.58. The minimum Gasteiger partial charge on any atom is -0.317 e. The average Bonchev–Trinajstić information content (AvgIpc) is 2.25. The van der Waals surface area contributed by atoms with Crippen molar-refractivity contribution in [3.8, 4) is 0 Å². The van der Waals surface area contributed by atoms with Crippen LogP contribution in [0.4, 0.5) is 0 Å². The quantitative estimate of drug-likeness (QED) is 0.825. The number of nitrogens with one attached hydrogen (secondary N) is 1. The fourth-order valence-electron chi connectivity index (χ4n) is 1.89. The number of pyridine rings is 1. The van der Waals surface area contributed by atoms with Gasteiger partial charge in [0, 0.05) is 18.4 Å². The predicted octanol–water partition coefficient (Wildman–Crippen LogP) is 3.30. The van der Waals surface area contributed by atoms with Crippen molar-refractivity contribution in [2.24, 2.45) is 5.92 Å². The predicted molar refractivity (Wildman–Crippen MR) is 69.9 cm³/mol. The number of halogens is 1. The molecule has 1 heterocycles. The van der Waals surface area contributed by atoms with Crippen LogP contribution in [0.5, 0.6) is 0 Å². The maximum atomic E-state index is 6.07. The summed E-state index contributed by atoms with van der Waals surface area (Å²) >= 11 is 6.07. The fraction of sp³-hybridized carbons (Fsp3) is 0.615. The Morgan fingerprint density at radius 1 is 1.44 bits per heavy atom. The molecule has 3 heteroatoms. The smallest absolute Gasteiger partial charge is 0.0621 e. The zero-order chi connectivity index (χ0) is 12.0. The second-order valence-corrected chi connectivity index (χ2v) is 5.03. The van der Waals surface area contributed by atoms with Crippen LogP contribution >= 0.6 is 11.6 Å². The molecule has 2 nitrogen and oxygen atoms in total. The van der Waals surface area contributed by atoms with Gasteiger partial charge in [-0.3, -0.25) is 4.98 Å². The lowest BCUT2D eigenvalue weighted by Gasteiger charge is -2.18. The van der Waals surface area contributed by atoms with Crippen molar-refractivity contribution >= 4 is 11.6 Å². The lowest BCUT2D eigenvalue weighted by Crippen LogP contribution is -2.27. The van der Waals surface area contributed by atoms with E-state index in [9.17, 15) is 0 Å². The van der Waals surface area contributed by atoms with Crippen LogP contribution in [0.3, 0.4) is 0 Å². The molecular weight excluding hydrogens is 220 g/mol. The van der Waals surface area contributed by atoms with Crippen molar-refractivity contribution in [1.29, 1.82) is 0 Å². The van der Waals surface area contributed by atoms with E-state index in [2.05, 4.69) is 24.1 Å². The topological polar surface area (TPSA) is 24.9 Å². The molecule has 0 saturated heterocycles. The van der Waals surface area contributed by atoms with Crippen molar-refractivity contribution in [1.82, 2.24) is 10.3 Å². The van der Waals surface area contributed by atoms with Gasteiger partial charge in [-0.05, 0) is 43.9 Å². The molecule has 1 unspecified atom stereocenters. The van der Waals surface area contributed by atoms with Gasteiger partial charge in [0.25, 0.3) is 0 Å². The SMILES string of the molecule is CNC(CCc1ccncc1Cl)CC(C)C. The standard InChI is InChI=1S/C13H21ClN2/c1-10(2)8-12(15-3)5-4-11-6-7-16-9-13(11)14/h6-7,9-10,12,15H,4-5,8H2,1-3H3. The van der Waals surface area contributed by atoms with Gasteiger partial charge in [-0.2, -0.15) is 0 Å². The van der Waals surface area contributed by atoms with Crippen molar-refractivity contribution in [2.45, 2.75) is 39.2 Å². The first-order valence-corrected chi connectivity index (χ1v) is 6.27. The Hall–Kier alpha value is -0.600. The molecule has 1 rings (SSSR count). The molecule has 0 aromatic carbocycles. The Bertz CT molecular complexity index is 313. The van der Waals surface area contributed by atoms with E-state index in [1.807, 2.05) is 13.1 Å². The van der Waals surface area contributed by atoms with E-state index >= 15 is 0 Å². The van der Waals surface area contributed by atoms with Gasteiger partial charge in [-0.25, -0.2) is 0 Å². The van der Waals surface area contributed by atoms with E-state index in [4.69, 9.17) is 11.6 Å². The number of rotatable bonds is 6. The molecule has 0 aliphatic heterocycles. The van der Waals surface area contributed by atoms with Crippen LogP contribution in [0.2, 0.25) is 5.02 Å². The average molecular weight is 241 g/mol. The maximum Gasteiger partial charge on any atom is 0.0621 e. The molecule has 1 atom stereocenters. The van der Waals surface area contributed by atoms with Gasteiger partial charge in [0.2, 0.25) is 0 Å². The van der Waals surface area contributed by atoms with Crippen LogP contribution in [0, 0.1) is 5.92 Å². The lowest BCUT2D eigenvalue weighted by molar-refractivity contribution is 0.422. The molecule has 0 amide bonds. The van der Waals surface area contributed by atoms with E-state index in [0.717, 1.165) is 23.8 Å². The maximum absolute atomic E-state index is 6.07. The summed E-state index contributed by atoms with van der Waals surface area (Å²) in [5, 5.41) is 4.14. The summed E-state index contributed by atoms with van der Waals surface area (Å²) in [7, 11) is 2.03. The first-order chi connectivity index (χ1) is 7.63. The Morgan fingerprint density at radius 2 is 2.19 bits per heavy atom. The zero-order valence-corrected chi connectivity index (χ0v) is 11.1. The summed E-state index contributed by atoms with van der Waals surface area (Å²) in [5.74, 6) is 0.727. The highest BCUT2D eigenvalue weighted by molar-refractivity contribution is 6.31. The molecule has 0 spiro atoms. The molecule has 1 aromatic heterocycles. The van der Waals surface area contributed by atoms with Crippen LogP contribution in [0.25, 0.3) is 0 Å². The Morgan fingerprint density at radius 3 is 2.75 bits per heavy atom. The van der Waals surface area contributed by atoms with Crippen LogP contribution in [0.1, 0.15) is 32.3 Å². The van der Waals surface area contributed by atoms with Gasteiger partial charge in [0.05, 0.1) is 5.02 Å². The van der Waals surface area contributed by atoms with E-state index in [1.54, 1.807) is 12.4 Å². The van der Waals surface area contributed by atoms with Crippen LogP contribution in [-0.4, -0.2) is 18.1 Å². The highest BCUT2D eigenvalue weighted by Crippen LogP contribution is 2.17. The lowest BCUT2D eigenvalue weighted by atomic mass is 9.98. The Balaban J connectivity index is 2.46. The third-order valence-corrected chi connectivity index (χ3v) is 3.12. The van der Waals surface area contributed by atoms with E-state index in [0.29, 0.717) is 6.04 Å². The van der Waals surface area contributed by atoms with Gasteiger partial charge in [0.15, 0.2) is 0 Å². The highest BCUT2D eigenvalue weighted by Gasteiger charge is 2.09. The molecule has 0 saturated carbocycles. The number of aryl methyl sites for hydroxylation is 1. The molecule has 0 radical (unpaired) electrons. The third kappa shape index (κ3) is 4.50. The summed E-state index contributed by atoms with van der Waals surface area (Å²) in [6.45, 7) is 4.51. The Kier molecular flexibility index (Phi) is 5.78. The number of hydrogen-bond donors (Lipinski definition) is 1. The van der Waals surface area contributed by atoms with Crippen molar-refractivity contribution in [3.63, 3.8) is 0 Å². The van der Waals surface area contributed by atoms with E-state index in [-0.39, 0.29) is 0 Å².